The van der Waals surface area contributed by atoms with Gasteiger partial charge in [-0.15, -0.1) is 11.3 Å². The number of morpholine rings is 1. The number of imidazole rings is 1. The van der Waals surface area contributed by atoms with Gasteiger partial charge in [-0.25, -0.2) is 9.97 Å². The molecule has 0 unspecified atom stereocenters. The first kappa shape index (κ1) is 12.0. The molecule has 1 fully saturated rings. The number of anilines is 1. The van der Waals surface area contributed by atoms with Crippen LogP contribution in [-0.4, -0.2) is 40.8 Å². The summed E-state index contributed by atoms with van der Waals surface area (Å²) in [6, 6.07) is 0. The molecule has 0 spiro atoms. The molecule has 0 radical (unpaired) electrons. The maximum absolute atomic E-state index is 5.95. The normalized spacial score (nSPS) is 16.2. The molecule has 7 heteroatoms. The summed E-state index contributed by atoms with van der Waals surface area (Å²) in [6.07, 6.45) is 1.70. The lowest BCUT2D eigenvalue weighted by Gasteiger charge is -2.25. The van der Waals surface area contributed by atoms with Gasteiger partial charge in [0, 0.05) is 18.5 Å². The molecule has 0 saturated carbocycles. The van der Waals surface area contributed by atoms with Crippen molar-refractivity contribution in [3.8, 4) is 5.82 Å². The molecule has 1 saturated heterocycles. The number of thiazole rings is 1. The number of halogens is 1. The highest BCUT2D eigenvalue weighted by Crippen LogP contribution is 2.25. The van der Waals surface area contributed by atoms with Crippen LogP contribution in [0.15, 0.2) is 11.7 Å². The van der Waals surface area contributed by atoms with Crippen molar-refractivity contribution in [2.45, 2.75) is 6.92 Å². The van der Waals surface area contributed by atoms with Crippen LogP contribution in [0, 0.1) is 6.92 Å². The Morgan fingerprint density at radius 2 is 2.17 bits per heavy atom. The minimum absolute atomic E-state index is 0.524. The van der Waals surface area contributed by atoms with E-state index in [-0.39, 0.29) is 0 Å². The number of ether oxygens (including phenoxy) is 1. The quantitative estimate of drug-likeness (QED) is 0.847. The highest BCUT2D eigenvalue weighted by molar-refractivity contribution is 7.14. The summed E-state index contributed by atoms with van der Waals surface area (Å²) in [4.78, 5) is 10.9. The van der Waals surface area contributed by atoms with E-state index in [0.717, 1.165) is 42.9 Å². The van der Waals surface area contributed by atoms with Crippen molar-refractivity contribution >= 4 is 28.1 Å². The van der Waals surface area contributed by atoms with E-state index >= 15 is 0 Å². The van der Waals surface area contributed by atoms with Gasteiger partial charge in [-0.3, -0.25) is 4.57 Å². The van der Waals surface area contributed by atoms with Crippen LogP contribution in [0.2, 0.25) is 5.15 Å². The van der Waals surface area contributed by atoms with E-state index in [1.165, 1.54) is 0 Å². The molecule has 0 amide bonds. The summed E-state index contributed by atoms with van der Waals surface area (Å²) in [5.74, 6) is 0.874. The van der Waals surface area contributed by atoms with E-state index < -0.39 is 0 Å². The second-order valence-electron chi connectivity index (χ2n) is 4.08. The van der Waals surface area contributed by atoms with E-state index in [1.807, 2.05) is 16.9 Å². The zero-order valence-corrected chi connectivity index (χ0v) is 11.5. The van der Waals surface area contributed by atoms with Crippen molar-refractivity contribution in [1.82, 2.24) is 14.5 Å². The Labute approximate surface area is 114 Å². The van der Waals surface area contributed by atoms with Crippen LogP contribution < -0.4 is 4.90 Å². The van der Waals surface area contributed by atoms with E-state index in [2.05, 4.69) is 14.9 Å². The van der Waals surface area contributed by atoms with Gasteiger partial charge in [0.1, 0.15) is 11.5 Å². The minimum Gasteiger partial charge on any atom is -0.378 e. The highest BCUT2D eigenvalue weighted by Gasteiger charge is 2.16. The molecule has 0 N–H and O–H groups in total. The van der Waals surface area contributed by atoms with Crippen LogP contribution in [0.3, 0.4) is 0 Å². The summed E-state index contributed by atoms with van der Waals surface area (Å²) >= 11 is 7.59. The zero-order valence-electron chi connectivity index (χ0n) is 9.97. The number of hydrogen-bond donors (Lipinski definition) is 0. The molecule has 5 nitrogen and oxygen atoms in total. The SMILES string of the molecule is Cc1c(Cl)ncn1-c1csc(N2CCOCC2)n1. The van der Waals surface area contributed by atoms with Crippen molar-refractivity contribution in [1.29, 1.82) is 0 Å². The van der Waals surface area contributed by atoms with Crippen molar-refractivity contribution in [2.24, 2.45) is 0 Å². The van der Waals surface area contributed by atoms with Gasteiger partial charge in [-0.2, -0.15) is 0 Å². The molecular formula is C11H13ClN4OS. The summed E-state index contributed by atoms with van der Waals surface area (Å²) in [6.45, 7) is 5.27. The van der Waals surface area contributed by atoms with Crippen LogP contribution in [-0.2, 0) is 4.74 Å². The molecule has 0 atom stereocenters. The maximum Gasteiger partial charge on any atom is 0.187 e. The molecule has 96 valence electrons. The van der Waals surface area contributed by atoms with E-state index in [0.29, 0.717) is 5.15 Å². The summed E-state index contributed by atoms with van der Waals surface area (Å²) in [5, 5.41) is 3.57. The molecule has 0 bridgehead atoms. The molecule has 0 aliphatic carbocycles. The number of hydrogen-bond acceptors (Lipinski definition) is 5. The molecule has 3 heterocycles. The Balaban J connectivity index is 1.87. The van der Waals surface area contributed by atoms with Crippen LogP contribution in [0.25, 0.3) is 5.82 Å². The topological polar surface area (TPSA) is 43.2 Å². The lowest BCUT2D eigenvalue weighted by atomic mass is 10.5. The van der Waals surface area contributed by atoms with Gasteiger partial charge in [0.2, 0.25) is 0 Å². The van der Waals surface area contributed by atoms with Gasteiger partial charge >= 0.3 is 0 Å². The predicted octanol–water partition coefficient (Wildman–Crippen LogP) is 2.13. The van der Waals surface area contributed by atoms with Crippen molar-refractivity contribution in [3.05, 3.63) is 22.6 Å². The fourth-order valence-corrected chi connectivity index (χ4v) is 2.88. The number of rotatable bonds is 2. The molecule has 2 aromatic heterocycles. The van der Waals surface area contributed by atoms with Gasteiger partial charge in [-0.1, -0.05) is 11.6 Å². The maximum atomic E-state index is 5.95. The number of nitrogens with zero attached hydrogens (tertiary/aromatic N) is 4. The third kappa shape index (κ3) is 2.11. The first-order valence-electron chi connectivity index (χ1n) is 5.74. The second-order valence-corrected chi connectivity index (χ2v) is 5.27. The molecule has 18 heavy (non-hydrogen) atoms. The van der Waals surface area contributed by atoms with Gasteiger partial charge in [-0.05, 0) is 6.92 Å². The van der Waals surface area contributed by atoms with Crippen molar-refractivity contribution in [2.75, 3.05) is 31.2 Å². The molecule has 2 aromatic rings. The van der Waals surface area contributed by atoms with E-state index in [1.54, 1.807) is 17.7 Å². The van der Waals surface area contributed by atoms with Crippen molar-refractivity contribution < 1.29 is 4.74 Å². The van der Waals surface area contributed by atoms with Crippen molar-refractivity contribution in [3.63, 3.8) is 0 Å². The van der Waals surface area contributed by atoms with E-state index in [9.17, 15) is 0 Å². The largest absolute Gasteiger partial charge is 0.378 e. The minimum atomic E-state index is 0.524. The molecular weight excluding hydrogens is 272 g/mol. The smallest absolute Gasteiger partial charge is 0.187 e. The Morgan fingerprint density at radius 3 is 2.83 bits per heavy atom. The lowest BCUT2D eigenvalue weighted by molar-refractivity contribution is 0.122. The molecule has 0 aromatic carbocycles. The number of aromatic nitrogens is 3. The molecule has 1 aliphatic heterocycles. The molecule has 3 rings (SSSR count). The van der Waals surface area contributed by atoms with Crippen LogP contribution in [0.5, 0.6) is 0 Å². The average Bonchev–Trinajstić information content (AvgIpc) is 3.00. The van der Waals surface area contributed by atoms with Gasteiger partial charge in [0.25, 0.3) is 0 Å². The van der Waals surface area contributed by atoms with Gasteiger partial charge in [0.15, 0.2) is 10.9 Å². The first-order valence-corrected chi connectivity index (χ1v) is 6.99. The van der Waals surface area contributed by atoms with Crippen LogP contribution >= 0.6 is 22.9 Å². The standard InChI is InChI=1S/C11H13ClN4OS/c1-8-10(12)13-7-16(8)9-6-18-11(14-9)15-2-4-17-5-3-15/h6-7H,2-5H2,1H3. The molecule has 1 aliphatic rings. The fourth-order valence-electron chi connectivity index (χ4n) is 1.89. The third-order valence-electron chi connectivity index (χ3n) is 2.95. The van der Waals surface area contributed by atoms with Gasteiger partial charge < -0.3 is 9.64 Å². The zero-order chi connectivity index (χ0) is 12.5. The first-order chi connectivity index (χ1) is 8.75. The Hall–Kier alpha value is -1.11. The Kier molecular flexibility index (Phi) is 3.23. The summed E-state index contributed by atoms with van der Waals surface area (Å²) in [5.41, 5.74) is 0.912. The third-order valence-corrected chi connectivity index (χ3v) is 4.21. The predicted molar refractivity (Wildman–Crippen MR) is 72.0 cm³/mol. The fraction of sp³-hybridized carbons (Fsp3) is 0.455. The average molecular weight is 285 g/mol. The Morgan fingerprint density at radius 1 is 1.39 bits per heavy atom. The van der Waals surface area contributed by atoms with E-state index in [4.69, 9.17) is 16.3 Å². The summed E-state index contributed by atoms with van der Waals surface area (Å²) < 4.78 is 7.24. The Bertz CT molecular complexity index is 547. The lowest BCUT2D eigenvalue weighted by Crippen LogP contribution is -2.36. The van der Waals surface area contributed by atoms with Gasteiger partial charge in [0.05, 0.1) is 18.9 Å². The second kappa shape index (κ2) is 4.87. The monoisotopic (exact) mass is 284 g/mol. The highest BCUT2D eigenvalue weighted by atomic mass is 35.5. The van der Waals surface area contributed by atoms with Crippen LogP contribution in [0.1, 0.15) is 5.69 Å². The van der Waals surface area contributed by atoms with Crippen LogP contribution in [0.4, 0.5) is 5.13 Å². The summed E-state index contributed by atoms with van der Waals surface area (Å²) in [7, 11) is 0.